The number of nitrogens with one attached hydrogen (secondary N) is 1. The van der Waals surface area contributed by atoms with Crippen molar-refractivity contribution in [2.45, 2.75) is 56.5 Å². The normalized spacial score (nSPS) is 38.7. The summed E-state index contributed by atoms with van der Waals surface area (Å²) in [5.74, 6) is 2.02. The lowest BCUT2D eigenvalue weighted by Gasteiger charge is -2.28. The Hall–Kier alpha value is -1.15. The zero-order valence-corrected chi connectivity index (χ0v) is 11.9. The van der Waals surface area contributed by atoms with Crippen LogP contribution in [0.15, 0.2) is 30.3 Å². The van der Waals surface area contributed by atoms with E-state index in [0.29, 0.717) is 35.6 Å². The molecule has 0 aromatic heterocycles. The molecule has 4 rings (SSSR count). The van der Waals surface area contributed by atoms with Crippen molar-refractivity contribution >= 4 is 5.78 Å². The minimum Gasteiger partial charge on any atom is -0.311 e. The Bertz CT molecular complexity index is 485. The second-order valence-corrected chi connectivity index (χ2v) is 7.01. The summed E-state index contributed by atoms with van der Waals surface area (Å²) in [6.45, 7) is 0. The maximum absolute atomic E-state index is 12.5. The van der Waals surface area contributed by atoms with Crippen LogP contribution < -0.4 is 5.32 Å². The minimum atomic E-state index is 0.324. The van der Waals surface area contributed by atoms with Crippen LogP contribution in [0.1, 0.15) is 50.0 Å². The van der Waals surface area contributed by atoms with Gasteiger partial charge < -0.3 is 5.32 Å². The van der Waals surface area contributed by atoms with Gasteiger partial charge in [0.05, 0.1) is 0 Å². The molecule has 0 radical (unpaired) electrons. The molecule has 1 aromatic carbocycles. The van der Waals surface area contributed by atoms with Gasteiger partial charge in [0, 0.05) is 24.4 Å². The fourth-order valence-corrected chi connectivity index (χ4v) is 4.40. The van der Waals surface area contributed by atoms with Crippen LogP contribution in [0.4, 0.5) is 0 Å². The number of hydrogen-bond donors (Lipinski definition) is 1. The van der Waals surface area contributed by atoms with E-state index >= 15 is 0 Å². The summed E-state index contributed by atoms with van der Waals surface area (Å²) in [6, 6.07) is 12.0. The minimum absolute atomic E-state index is 0.324. The van der Waals surface area contributed by atoms with Gasteiger partial charge in [-0.25, -0.2) is 0 Å². The van der Waals surface area contributed by atoms with Gasteiger partial charge >= 0.3 is 0 Å². The van der Waals surface area contributed by atoms with E-state index in [0.717, 1.165) is 12.8 Å². The summed E-state index contributed by atoms with van der Waals surface area (Å²) in [5.41, 5.74) is 1.36. The van der Waals surface area contributed by atoms with Crippen molar-refractivity contribution in [3.05, 3.63) is 35.9 Å². The highest BCUT2D eigenvalue weighted by Crippen LogP contribution is 2.49. The van der Waals surface area contributed by atoms with Crippen molar-refractivity contribution in [3.8, 4) is 0 Å². The molecule has 1 aromatic rings. The van der Waals surface area contributed by atoms with Gasteiger partial charge in [0.25, 0.3) is 0 Å². The van der Waals surface area contributed by atoms with Crippen molar-refractivity contribution in [2.24, 2.45) is 11.8 Å². The van der Waals surface area contributed by atoms with E-state index in [4.69, 9.17) is 0 Å². The predicted octanol–water partition coefficient (Wildman–Crippen LogP) is 3.28. The Morgan fingerprint density at radius 2 is 1.75 bits per heavy atom. The zero-order valence-electron chi connectivity index (χ0n) is 11.9. The maximum atomic E-state index is 12.5. The standard InChI is InChI=1S/C18H23NO/c20-18(10-12-8-14-6-7-15(9-12)19-14)17-11-16(17)13-4-2-1-3-5-13/h1-5,12,14-17,19H,6-11H2. The summed E-state index contributed by atoms with van der Waals surface area (Å²) in [6.07, 6.45) is 7.02. The molecule has 2 bridgehead atoms. The van der Waals surface area contributed by atoms with E-state index in [1.54, 1.807) is 0 Å². The first kappa shape index (κ1) is 12.6. The molecule has 0 spiro atoms. The number of piperidine rings is 1. The molecule has 1 aliphatic carbocycles. The third-order valence-electron chi connectivity index (χ3n) is 5.49. The second-order valence-electron chi connectivity index (χ2n) is 7.01. The van der Waals surface area contributed by atoms with Crippen LogP contribution in [0.3, 0.4) is 0 Å². The van der Waals surface area contributed by atoms with Crippen molar-refractivity contribution in [1.82, 2.24) is 5.32 Å². The van der Waals surface area contributed by atoms with Crippen LogP contribution in [0.5, 0.6) is 0 Å². The highest BCUT2D eigenvalue weighted by molar-refractivity contribution is 5.85. The molecule has 4 unspecified atom stereocenters. The van der Waals surface area contributed by atoms with Gasteiger partial charge in [-0.1, -0.05) is 30.3 Å². The molecule has 3 aliphatic rings. The topological polar surface area (TPSA) is 29.1 Å². The lowest BCUT2D eigenvalue weighted by atomic mass is 9.87. The highest BCUT2D eigenvalue weighted by Gasteiger charge is 2.44. The summed E-state index contributed by atoms with van der Waals surface area (Å²) >= 11 is 0. The number of ketones is 1. The maximum Gasteiger partial charge on any atom is 0.136 e. The first-order valence-corrected chi connectivity index (χ1v) is 8.13. The van der Waals surface area contributed by atoms with E-state index in [2.05, 4.69) is 29.6 Å². The lowest BCUT2D eigenvalue weighted by molar-refractivity contribution is -0.121. The molecule has 2 saturated heterocycles. The number of carbonyl (C=O) groups is 1. The molecule has 0 amide bonds. The average molecular weight is 269 g/mol. The monoisotopic (exact) mass is 269 g/mol. The van der Waals surface area contributed by atoms with Crippen LogP contribution >= 0.6 is 0 Å². The Balaban J connectivity index is 1.33. The van der Waals surface area contributed by atoms with Gasteiger partial charge in [-0.15, -0.1) is 0 Å². The Morgan fingerprint density at radius 3 is 2.45 bits per heavy atom. The molecule has 3 fully saturated rings. The number of carbonyl (C=O) groups excluding carboxylic acids is 1. The molecular weight excluding hydrogens is 246 g/mol. The molecule has 2 heteroatoms. The smallest absolute Gasteiger partial charge is 0.136 e. The zero-order chi connectivity index (χ0) is 13.5. The summed E-state index contributed by atoms with van der Waals surface area (Å²) in [4.78, 5) is 12.5. The van der Waals surface area contributed by atoms with Crippen molar-refractivity contribution in [1.29, 1.82) is 0 Å². The first-order chi connectivity index (χ1) is 9.79. The number of fused-ring (bicyclic) bond motifs is 2. The van der Waals surface area contributed by atoms with E-state index in [1.807, 2.05) is 6.07 Å². The first-order valence-electron chi connectivity index (χ1n) is 8.13. The summed E-state index contributed by atoms with van der Waals surface area (Å²) < 4.78 is 0. The number of hydrogen-bond acceptors (Lipinski definition) is 2. The van der Waals surface area contributed by atoms with Gasteiger partial charge in [-0.2, -0.15) is 0 Å². The van der Waals surface area contributed by atoms with Crippen LogP contribution in [0.25, 0.3) is 0 Å². The predicted molar refractivity (Wildman–Crippen MR) is 79.6 cm³/mol. The molecule has 4 atom stereocenters. The van der Waals surface area contributed by atoms with Crippen LogP contribution in [-0.2, 0) is 4.79 Å². The molecule has 2 heterocycles. The fraction of sp³-hybridized carbons (Fsp3) is 0.611. The third-order valence-corrected chi connectivity index (χ3v) is 5.49. The van der Waals surface area contributed by atoms with Crippen molar-refractivity contribution in [2.75, 3.05) is 0 Å². The molecule has 1 saturated carbocycles. The fourth-order valence-electron chi connectivity index (χ4n) is 4.40. The quantitative estimate of drug-likeness (QED) is 0.909. The van der Waals surface area contributed by atoms with Crippen LogP contribution in [0.2, 0.25) is 0 Å². The lowest BCUT2D eigenvalue weighted by Crippen LogP contribution is -2.38. The van der Waals surface area contributed by atoms with E-state index in [-0.39, 0.29) is 0 Å². The Kier molecular flexibility index (Phi) is 3.14. The Morgan fingerprint density at radius 1 is 1.05 bits per heavy atom. The van der Waals surface area contributed by atoms with Crippen molar-refractivity contribution in [3.63, 3.8) is 0 Å². The van der Waals surface area contributed by atoms with E-state index in [1.165, 1.54) is 31.2 Å². The van der Waals surface area contributed by atoms with Crippen LogP contribution in [-0.4, -0.2) is 17.9 Å². The van der Waals surface area contributed by atoms with E-state index < -0.39 is 0 Å². The van der Waals surface area contributed by atoms with Gasteiger partial charge in [0.2, 0.25) is 0 Å². The van der Waals surface area contributed by atoms with Gasteiger partial charge in [0.15, 0.2) is 0 Å². The Labute approximate surface area is 121 Å². The number of benzene rings is 1. The molecular formula is C18H23NO. The number of Topliss-reactive ketones (excluding diaryl/α,β-unsaturated/α-hetero) is 1. The van der Waals surface area contributed by atoms with Crippen molar-refractivity contribution < 1.29 is 4.79 Å². The second kappa shape index (κ2) is 5.00. The van der Waals surface area contributed by atoms with E-state index in [9.17, 15) is 4.79 Å². The largest absolute Gasteiger partial charge is 0.311 e. The molecule has 1 N–H and O–H groups in total. The number of rotatable bonds is 4. The summed E-state index contributed by atoms with van der Waals surface area (Å²) in [7, 11) is 0. The molecule has 2 aliphatic heterocycles. The van der Waals surface area contributed by atoms with Crippen LogP contribution in [0, 0.1) is 11.8 Å². The molecule has 106 valence electrons. The third kappa shape index (κ3) is 2.42. The SMILES string of the molecule is O=C(CC1CC2CCC(C1)N2)C1CC1c1ccccc1. The molecule has 2 nitrogen and oxygen atoms in total. The average Bonchev–Trinajstić information content (AvgIpc) is 3.20. The van der Waals surface area contributed by atoms with Gasteiger partial charge in [-0.05, 0) is 49.5 Å². The van der Waals surface area contributed by atoms with Gasteiger partial charge in [0.1, 0.15) is 5.78 Å². The molecule has 20 heavy (non-hydrogen) atoms. The van der Waals surface area contributed by atoms with Gasteiger partial charge in [-0.3, -0.25) is 4.79 Å². The summed E-state index contributed by atoms with van der Waals surface area (Å²) in [5, 5.41) is 3.66. The highest BCUT2D eigenvalue weighted by atomic mass is 16.1.